The van der Waals surface area contributed by atoms with Gasteiger partial charge in [-0.3, -0.25) is 19.3 Å². The molecule has 6 nitrogen and oxygen atoms in total. The number of anilines is 1. The van der Waals surface area contributed by atoms with Crippen LogP contribution in [0.5, 0.6) is 0 Å². The maximum Gasteiger partial charge on any atom is 0.244 e. The SMILES string of the molecule is N#Cc1cccc(NC(=O)CN2C(=O)[C@@H]3CCCC[C@H]3C2=O)c1. The zero-order valence-corrected chi connectivity index (χ0v) is 12.6. The van der Waals surface area contributed by atoms with Crippen molar-refractivity contribution in [3.63, 3.8) is 0 Å². The molecule has 23 heavy (non-hydrogen) atoms. The topological polar surface area (TPSA) is 90.3 Å². The number of carbonyl (C=O) groups excluding carboxylic acids is 3. The fourth-order valence-corrected chi connectivity index (χ4v) is 3.40. The number of likely N-dealkylation sites (tertiary alicyclic amines) is 1. The second-order valence-electron chi connectivity index (χ2n) is 6.00. The first kappa shape index (κ1) is 15.2. The molecule has 0 radical (unpaired) electrons. The van der Waals surface area contributed by atoms with Gasteiger partial charge in [-0.05, 0) is 31.0 Å². The fourth-order valence-electron chi connectivity index (χ4n) is 3.40. The van der Waals surface area contributed by atoms with Crippen LogP contribution >= 0.6 is 0 Å². The summed E-state index contributed by atoms with van der Waals surface area (Å²) in [6.45, 7) is -0.262. The molecular weight excluding hydrogens is 294 g/mol. The molecule has 1 aromatic rings. The van der Waals surface area contributed by atoms with Crippen molar-refractivity contribution in [2.45, 2.75) is 25.7 Å². The Balaban J connectivity index is 1.67. The van der Waals surface area contributed by atoms with Crippen LogP contribution in [-0.2, 0) is 14.4 Å². The maximum atomic E-state index is 12.3. The number of nitriles is 1. The molecule has 0 aromatic heterocycles. The lowest BCUT2D eigenvalue weighted by molar-refractivity contribution is -0.142. The van der Waals surface area contributed by atoms with E-state index in [1.807, 2.05) is 6.07 Å². The number of benzene rings is 1. The van der Waals surface area contributed by atoms with Gasteiger partial charge < -0.3 is 5.32 Å². The molecule has 1 heterocycles. The van der Waals surface area contributed by atoms with Gasteiger partial charge in [0, 0.05) is 5.69 Å². The largest absolute Gasteiger partial charge is 0.324 e. The normalized spacial score (nSPS) is 23.3. The third-order valence-corrected chi connectivity index (χ3v) is 4.51. The Morgan fingerprint density at radius 2 is 1.87 bits per heavy atom. The highest BCUT2D eigenvalue weighted by Crippen LogP contribution is 2.37. The smallest absolute Gasteiger partial charge is 0.244 e. The Morgan fingerprint density at radius 3 is 2.48 bits per heavy atom. The van der Waals surface area contributed by atoms with Crippen LogP contribution in [0.3, 0.4) is 0 Å². The first-order valence-electron chi connectivity index (χ1n) is 7.75. The second kappa shape index (κ2) is 6.21. The number of fused-ring (bicyclic) bond motifs is 1. The quantitative estimate of drug-likeness (QED) is 0.860. The fraction of sp³-hybridized carbons (Fsp3) is 0.412. The van der Waals surface area contributed by atoms with Crippen LogP contribution in [0.4, 0.5) is 5.69 Å². The average Bonchev–Trinajstić information content (AvgIpc) is 2.80. The number of rotatable bonds is 3. The lowest BCUT2D eigenvalue weighted by Gasteiger charge is -2.19. The van der Waals surface area contributed by atoms with Crippen molar-refractivity contribution in [2.75, 3.05) is 11.9 Å². The minimum Gasteiger partial charge on any atom is -0.324 e. The van der Waals surface area contributed by atoms with E-state index in [-0.39, 0.29) is 30.2 Å². The number of carbonyl (C=O) groups is 3. The molecule has 1 saturated carbocycles. The first-order valence-corrected chi connectivity index (χ1v) is 7.75. The van der Waals surface area contributed by atoms with Crippen molar-refractivity contribution in [3.8, 4) is 6.07 Å². The summed E-state index contributed by atoms with van der Waals surface area (Å²) in [5.74, 6) is -1.36. The standard InChI is InChI=1S/C17H17N3O3/c18-9-11-4-3-5-12(8-11)19-15(21)10-20-16(22)13-6-1-2-7-14(13)17(20)23/h3-5,8,13-14H,1-2,6-7,10H2,(H,19,21)/t13-,14-/m1/s1. The molecule has 0 unspecified atom stereocenters. The van der Waals surface area contributed by atoms with E-state index < -0.39 is 5.91 Å². The van der Waals surface area contributed by atoms with E-state index in [0.717, 1.165) is 30.6 Å². The van der Waals surface area contributed by atoms with Gasteiger partial charge in [-0.2, -0.15) is 5.26 Å². The van der Waals surface area contributed by atoms with E-state index in [9.17, 15) is 14.4 Å². The zero-order valence-electron chi connectivity index (χ0n) is 12.6. The van der Waals surface area contributed by atoms with E-state index in [1.165, 1.54) is 0 Å². The minimum atomic E-state index is -0.430. The van der Waals surface area contributed by atoms with E-state index >= 15 is 0 Å². The molecule has 1 saturated heterocycles. The third kappa shape index (κ3) is 2.95. The lowest BCUT2D eigenvalue weighted by Crippen LogP contribution is -2.38. The summed E-state index contributed by atoms with van der Waals surface area (Å²) >= 11 is 0. The van der Waals surface area contributed by atoms with Gasteiger partial charge in [0.05, 0.1) is 23.5 Å². The molecule has 1 aromatic carbocycles. The van der Waals surface area contributed by atoms with Gasteiger partial charge in [0.15, 0.2) is 0 Å². The van der Waals surface area contributed by atoms with E-state index in [0.29, 0.717) is 11.3 Å². The number of nitrogens with zero attached hydrogens (tertiary/aromatic N) is 2. The number of amides is 3. The Bertz CT molecular complexity index is 683. The van der Waals surface area contributed by atoms with Gasteiger partial charge in [0.2, 0.25) is 17.7 Å². The molecule has 0 bridgehead atoms. The number of nitrogens with one attached hydrogen (secondary N) is 1. The van der Waals surface area contributed by atoms with Gasteiger partial charge in [-0.1, -0.05) is 18.9 Å². The Hall–Kier alpha value is -2.68. The molecule has 2 atom stereocenters. The van der Waals surface area contributed by atoms with Crippen LogP contribution in [-0.4, -0.2) is 29.2 Å². The van der Waals surface area contributed by atoms with Crippen molar-refractivity contribution in [1.29, 1.82) is 5.26 Å². The van der Waals surface area contributed by atoms with E-state index in [4.69, 9.17) is 5.26 Å². The van der Waals surface area contributed by atoms with E-state index in [1.54, 1.807) is 24.3 Å². The van der Waals surface area contributed by atoms with Crippen molar-refractivity contribution >= 4 is 23.4 Å². The van der Waals surface area contributed by atoms with Crippen molar-refractivity contribution in [1.82, 2.24) is 4.90 Å². The number of hydrogen-bond donors (Lipinski definition) is 1. The van der Waals surface area contributed by atoms with Gasteiger partial charge >= 0.3 is 0 Å². The Morgan fingerprint density at radius 1 is 1.22 bits per heavy atom. The van der Waals surface area contributed by atoms with Gasteiger partial charge in [0.1, 0.15) is 6.54 Å². The van der Waals surface area contributed by atoms with Gasteiger partial charge in [0.25, 0.3) is 0 Å². The highest BCUT2D eigenvalue weighted by molar-refractivity contribution is 6.08. The molecular formula is C17H17N3O3. The molecule has 1 aliphatic heterocycles. The van der Waals surface area contributed by atoms with Gasteiger partial charge in [-0.15, -0.1) is 0 Å². The summed E-state index contributed by atoms with van der Waals surface area (Å²) in [5, 5.41) is 11.5. The van der Waals surface area contributed by atoms with Crippen LogP contribution in [0.1, 0.15) is 31.2 Å². The van der Waals surface area contributed by atoms with Crippen molar-refractivity contribution in [2.24, 2.45) is 11.8 Å². The first-order chi connectivity index (χ1) is 11.1. The number of imide groups is 1. The molecule has 1 aliphatic carbocycles. The third-order valence-electron chi connectivity index (χ3n) is 4.51. The summed E-state index contributed by atoms with van der Waals surface area (Å²) in [4.78, 5) is 37.9. The maximum absolute atomic E-state index is 12.3. The molecule has 3 amide bonds. The Kier molecular flexibility index (Phi) is 4.11. The summed E-state index contributed by atoms with van der Waals surface area (Å²) in [7, 11) is 0. The van der Waals surface area contributed by atoms with Crippen LogP contribution in [0, 0.1) is 23.2 Å². The molecule has 118 valence electrons. The molecule has 3 rings (SSSR count). The summed E-state index contributed by atoms with van der Waals surface area (Å²) in [5.41, 5.74) is 0.910. The summed E-state index contributed by atoms with van der Waals surface area (Å²) in [6, 6.07) is 8.49. The summed E-state index contributed by atoms with van der Waals surface area (Å²) in [6.07, 6.45) is 3.39. The molecule has 6 heteroatoms. The molecule has 2 aliphatic rings. The van der Waals surface area contributed by atoms with Crippen LogP contribution in [0.2, 0.25) is 0 Å². The monoisotopic (exact) mass is 311 g/mol. The predicted octanol–water partition coefficient (Wildman–Crippen LogP) is 1.67. The van der Waals surface area contributed by atoms with Crippen molar-refractivity contribution in [3.05, 3.63) is 29.8 Å². The highest BCUT2D eigenvalue weighted by atomic mass is 16.2. The average molecular weight is 311 g/mol. The number of hydrogen-bond acceptors (Lipinski definition) is 4. The zero-order chi connectivity index (χ0) is 16.4. The second-order valence-corrected chi connectivity index (χ2v) is 6.00. The van der Waals surface area contributed by atoms with Crippen molar-refractivity contribution < 1.29 is 14.4 Å². The predicted molar refractivity (Wildman–Crippen MR) is 82.0 cm³/mol. The lowest BCUT2D eigenvalue weighted by atomic mass is 9.81. The molecule has 1 N–H and O–H groups in total. The Labute approximate surface area is 134 Å². The van der Waals surface area contributed by atoms with Crippen LogP contribution in [0.15, 0.2) is 24.3 Å². The molecule has 2 fully saturated rings. The molecule has 0 spiro atoms. The van der Waals surface area contributed by atoms with E-state index in [2.05, 4.69) is 5.32 Å². The highest BCUT2D eigenvalue weighted by Gasteiger charge is 2.48. The van der Waals surface area contributed by atoms with Crippen LogP contribution in [0.25, 0.3) is 0 Å². The minimum absolute atomic E-state index is 0.222. The van der Waals surface area contributed by atoms with Gasteiger partial charge in [-0.25, -0.2) is 0 Å². The van der Waals surface area contributed by atoms with Crippen LogP contribution < -0.4 is 5.32 Å². The summed E-state index contributed by atoms with van der Waals surface area (Å²) < 4.78 is 0.